The zero-order valence-corrected chi connectivity index (χ0v) is 18.0. The van der Waals surface area contributed by atoms with Crippen LogP contribution >= 0.6 is 11.8 Å². The lowest BCUT2D eigenvalue weighted by Crippen LogP contribution is -2.33. The van der Waals surface area contributed by atoms with Crippen molar-refractivity contribution in [1.29, 1.82) is 0 Å². The van der Waals surface area contributed by atoms with Gasteiger partial charge >= 0.3 is 17.6 Å². The maximum Gasteiger partial charge on any atom is 0.458 e. The van der Waals surface area contributed by atoms with E-state index in [0.29, 0.717) is 23.1 Å². The Morgan fingerprint density at radius 1 is 0.735 bits per heavy atom. The molecule has 0 aliphatic heterocycles. The highest BCUT2D eigenvalue weighted by atomic mass is 32.2. The Balaban J connectivity index is 1.62. The minimum absolute atomic E-state index is 0.00425. The van der Waals surface area contributed by atoms with Gasteiger partial charge in [0.05, 0.1) is 0 Å². The molecule has 0 amide bonds. The maximum absolute atomic E-state index is 13.6. The van der Waals surface area contributed by atoms with Crippen molar-refractivity contribution in [1.82, 2.24) is 0 Å². The van der Waals surface area contributed by atoms with E-state index in [4.69, 9.17) is 4.74 Å². The van der Waals surface area contributed by atoms with Crippen molar-refractivity contribution < 1.29 is 39.9 Å². The summed E-state index contributed by atoms with van der Waals surface area (Å²) in [5.74, 6) is -4.58. The molecule has 0 unspecified atom stereocenters. The van der Waals surface area contributed by atoms with Crippen LogP contribution in [-0.2, 0) is 19.1 Å². The van der Waals surface area contributed by atoms with Crippen LogP contribution in [0.2, 0.25) is 0 Å². The van der Waals surface area contributed by atoms with Crippen molar-refractivity contribution in [3.05, 3.63) is 89.5 Å². The Morgan fingerprint density at radius 2 is 1.41 bits per heavy atom. The minimum atomic E-state index is -5.70. The first-order chi connectivity index (χ1) is 15.8. The van der Waals surface area contributed by atoms with Crippen molar-refractivity contribution in [3.63, 3.8) is 0 Å². The quantitative estimate of drug-likeness (QED) is 0.246. The zero-order chi connectivity index (χ0) is 25.0. The van der Waals surface area contributed by atoms with Gasteiger partial charge < -0.3 is 10.1 Å². The number of thioether (sulfide) groups is 1. The van der Waals surface area contributed by atoms with E-state index in [1.807, 2.05) is 0 Å². The predicted octanol–water partition coefficient (Wildman–Crippen LogP) is 8.14. The van der Waals surface area contributed by atoms with Crippen molar-refractivity contribution in [2.24, 2.45) is 0 Å². The standard InChI is InChI=1S/C23H17F8NOS/c24-21(25,22(26,27)28)17-6-1-4-15(10-17)13-32-18-7-3-8-19(12-18)33-14-16-5-2-9-20(11-16)34-23(29,30)31/h1-12,32H,13-14H2. The predicted molar refractivity (Wildman–Crippen MR) is 113 cm³/mol. The van der Waals surface area contributed by atoms with Gasteiger partial charge in [0.2, 0.25) is 0 Å². The molecular weight excluding hydrogens is 490 g/mol. The van der Waals surface area contributed by atoms with Gasteiger partial charge in [0.15, 0.2) is 0 Å². The first kappa shape index (κ1) is 25.7. The third-order valence-electron chi connectivity index (χ3n) is 4.51. The molecule has 1 N–H and O–H groups in total. The number of benzene rings is 3. The fraction of sp³-hybridized carbons (Fsp3) is 0.217. The Labute approximate surface area is 193 Å². The monoisotopic (exact) mass is 507 g/mol. The highest BCUT2D eigenvalue weighted by Gasteiger charge is 2.58. The number of hydrogen-bond acceptors (Lipinski definition) is 3. The second-order valence-corrected chi connectivity index (χ2v) is 8.28. The fourth-order valence-corrected chi connectivity index (χ4v) is 3.56. The number of ether oxygens (including phenoxy) is 1. The Hall–Kier alpha value is -2.95. The molecule has 182 valence electrons. The third kappa shape index (κ3) is 7.02. The van der Waals surface area contributed by atoms with Gasteiger partial charge in [-0.25, -0.2) is 0 Å². The van der Waals surface area contributed by atoms with Crippen molar-refractivity contribution in [2.75, 3.05) is 5.32 Å². The molecule has 0 saturated carbocycles. The highest BCUT2D eigenvalue weighted by molar-refractivity contribution is 8.00. The van der Waals surface area contributed by atoms with Crippen molar-refractivity contribution in [3.8, 4) is 5.75 Å². The lowest BCUT2D eigenvalue weighted by Gasteiger charge is -2.20. The van der Waals surface area contributed by atoms with E-state index in [1.165, 1.54) is 24.3 Å². The first-order valence-electron chi connectivity index (χ1n) is 9.69. The highest BCUT2D eigenvalue weighted by Crippen LogP contribution is 2.44. The largest absolute Gasteiger partial charge is 0.489 e. The topological polar surface area (TPSA) is 21.3 Å². The first-order valence-corrected chi connectivity index (χ1v) is 10.5. The van der Waals surface area contributed by atoms with E-state index >= 15 is 0 Å². The molecule has 0 saturated heterocycles. The molecule has 11 heteroatoms. The average molecular weight is 507 g/mol. The smallest absolute Gasteiger partial charge is 0.458 e. The normalized spacial score (nSPS) is 12.5. The van der Waals surface area contributed by atoms with Crippen LogP contribution in [0.5, 0.6) is 5.75 Å². The molecular formula is C23H17F8NOS. The average Bonchev–Trinajstić information content (AvgIpc) is 2.75. The van der Waals surface area contributed by atoms with Crippen LogP contribution < -0.4 is 10.1 Å². The number of rotatable bonds is 8. The van der Waals surface area contributed by atoms with Gasteiger partial charge in [0.1, 0.15) is 12.4 Å². The molecule has 0 aliphatic rings. The summed E-state index contributed by atoms with van der Waals surface area (Å²) in [6.07, 6.45) is -5.70. The molecule has 0 fully saturated rings. The van der Waals surface area contributed by atoms with Gasteiger partial charge in [0.25, 0.3) is 0 Å². The number of anilines is 1. The Bertz CT molecular complexity index is 1110. The molecule has 0 aliphatic carbocycles. The second kappa shape index (κ2) is 10.1. The Kier molecular flexibility index (Phi) is 7.64. The summed E-state index contributed by atoms with van der Waals surface area (Å²) < 4.78 is 108. The van der Waals surface area contributed by atoms with Gasteiger partial charge in [-0.3, -0.25) is 0 Å². The molecule has 3 aromatic carbocycles. The van der Waals surface area contributed by atoms with E-state index in [2.05, 4.69) is 5.32 Å². The third-order valence-corrected chi connectivity index (χ3v) is 5.23. The Morgan fingerprint density at radius 3 is 2.12 bits per heavy atom. The van der Waals surface area contributed by atoms with Crippen LogP contribution in [0.25, 0.3) is 0 Å². The molecule has 0 aromatic heterocycles. The summed E-state index contributed by atoms with van der Waals surface area (Å²) in [5, 5.41) is 2.92. The molecule has 34 heavy (non-hydrogen) atoms. The zero-order valence-electron chi connectivity index (χ0n) is 17.2. The number of halogens is 8. The lowest BCUT2D eigenvalue weighted by atomic mass is 10.0. The summed E-state index contributed by atoms with van der Waals surface area (Å²) in [6, 6.07) is 16.3. The van der Waals surface area contributed by atoms with Gasteiger partial charge in [-0.2, -0.15) is 35.1 Å². The van der Waals surface area contributed by atoms with Gasteiger partial charge in [0, 0.05) is 28.8 Å². The number of alkyl halides is 8. The van der Waals surface area contributed by atoms with Crippen molar-refractivity contribution >= 4 is 17.4 Å². The van der Waals surface area contributed by atoms with E-state index < -0.39 is 23.2 Å². The summed E-state index contributed by atoms with van der Waals surface area (Å²) in [7, 11) is 0. The van der Waals surface area contributed by atoms with Crippen LogP contribution in [0, 0.1) is 0 Å². The van der Waals surface area contributed by atoms with Crippen molar-refractivity contribution in [2.45, 2.75) is 35.7 Å². The van der Waals surface area contributed by atoms with E-state index in [-0.39, 0.29) is 35.4 Å². The number of nitrogens with one attached hydrogen (secondary N) is 1. The van der Waals surface area contributed by atoms with Crippen LogP contribution in [0.4, 0.5) is 40.8 Å². The van der Waals surface area contributed by atoms with Gasteiger partial charge in [-0.05, 0) is 53.2 Å². The molecule has 0 atom stereocenters. The van der Waals surface area contributed by atoms with Crippen LogP contribution in [0.15, 0.2) is 77.7 Å². The van der Waals surface area contributed by atoms with Crippen LogP contribution in [0.1, 0.15) is 16.7 Å². The second-order valence-electron chi connectivity index (χ2n) is 7.14. The summed E-state index contributed by atoms with van der Waals surface area (Å²) in [4.78, 5) is 0.0300. The maximum atomic E-state index is 13.6. The molecule has 3 aromatic rings. The lowest BCUT2D eigenvalue weighted by molar-refractivity contribution is -0.289. The molecule has 0 heterocycles. The molecule has 3 rings (SSSR count). The van der Waals surface area contributed by atoms with Crippen LogP contribution in [0.3, 0.4) is 0 Å². The van der Waals surface area contributed by atoms with Gasteiger partial charge in [-0.15, -0.1) is 0 Å². The minimum Gasteiger partial charge on any atom is -0.489 e. The molecule has 0 spiro atoms. The van der Waals surface area contributed by atoms with E-state index in [0.717, 1.165) is 12.1 Å². The number of hydrogen-bond donors (Lipinski definition) is 1. The summed E-state index contributed by atoms with van der Waals surface area (Å²) in [5.41, 5.74) is -4.31. The molecule has 2 nitrogen and oxygen atoms in total. The van der Waals surface area contributed by atoms with E-state index in [1.54, 1.807) is 30.3 Å². The summed E-state index contributed by atoms with van der Waals surface area (Å²) >= 11 is -0.228. The fourth-order valence-electron chi connectivity index (χ4n) is 2.94. The summed E-state index contributed by atoms with van der Waals surface area (Å²) in [6.45, 7) is -0.0216. The van der Waals surface area contributed by atoms with E-state index in [9.17, 15) is 35.1 Å². The SMILES string of the molecule is FC(F)(F)Sc1cccc(COc2cccc(NCc3cccc(C(F)(F)C(F)(F)F)c3)c2)c1. The molecule has 0 bridgehead atoms. The van der Waals surface area contributed by atoms with Gasteiger partial charge in [-0.1, -0.05) is 36.4 Å². The molecule has 0 radical (unpaired) electrons. The van der Waals surface area contributed by atoms with Crippen LogP contribution in [-0.4, -0.2) is 11.7 Å².